The van der Waals surface area contributed by atoms with Gasteiger partial charge in [0.1, 0.15) is 6.54 Å². The van der Waals surface area contributed by atoms with Crippen LogP contribution < -0.4 is 10.6 Å². The van der Waals surface area contributed by atoms with E-state index in [2.05, 4.69) is 39.9 Å². The molecule has 1 saturated carbocycles. The summed E-state index contributed by atoms with van der Waals surface area (Å²) >= 11 is 0. The van der Waals surface area contributed by atoms with Gasteiger partial charge in [-0.1, -0.05) is 51.0 Å². The highest BCUT2D eigenvalue weighted by molar-refractivity contribution is 5.94. The van der Waals surface area contributed by atoms with Gasteiger partial charge in [0.2, 0.25) is 5.82 Å². The number of aromatic nitrogens is 4. The van der Waals surface area contributed by atoms with Crippen molar-refractivity contribution in [3.05, 3.63) is 29.8 Å². The number of hydrogen-bond acceptors (Lipinski definition) is 5. The number of amides is 3. The van der Waals surface area contributed by atoms with Crippen molar-refractivity contribution in [2.45, 2.75) is 58.5 Å². The number of rotatable bonds is 5. The molecule has 0 spiro atoms. The summed E-state index contributed by atoms with van der Waals surface area (Å²) in [6.07, 6.45) is 5.31. The highest BCUT2D eigenvalue weighted by Gasteiger charge is 2.23. The van der Waals surface area contributed by atoms with E-state index in [1.54, 1.807) is 0 Å². The van der Waals surface area contributed by atoms with Gasteiger partial charge in [0, 0.05) is 11.6 Å². The Morgan fingerprint density at radius 1 is 1.19 bits per heavy atom. The van der Waals surface area contributed by atoms with E-state index in [4.69, 9.17) is 0 Å². The standard InChI is InChI=1S/C19H26N6O2/c1-3-14-8-10-15(11-9-14)18-22-24-25(23-18)12-17(26)21-19(27)20-16-7-5-4-6-13(16)2/h8-11,13,16H,3-7,12H2,1-2H3,(H2,20,21,26,27)/t13-,16-/m0/s1. The van der Waals surface area contributed by atoms with Gasteiger partial charge in [-0.2, -0.15) is 4.80 Å². The van der Waals surface area contributed by atoms with Gasteiger partial charge in [0.15, 0.2) is 0 Å². The quantitative estimate of drug-likeness (QED) is 0.841. The van der Waals surface area contributed by atoms with Crippen LogP contribution in [-0.4, -0.2) is 38.2 Å². The van der Waals surface area contributed by atoms with Crippen molar-refractivity contribution in [1.29, 1.82) is 0 Å². The summed E-state index contributed by atoms with van der Waals surface area (Å²) in [4.78, 5) is 25.3. The minimum absolute atomic E-state index is 0.119. The summed E-state index contributed by atoms with van der Waals surface area (Å²) < 4.78 is 0. The summed E-state index contributed by atoms with van der Waals surface area (Å²) in [6.45, 7) is 4.06. The second kappa shape index (κ2) is 8.75. The van der Waals surface area contributed by atoms with Crippen molar-refractivity contribution in [3.63, 3.8) is 0 Å². The zero-order chi connectivity index (χ0) is 19.2. The fraction of sp³-hybridized carbons (Fsp3) is 0.526. The van der Waals surface area contributed by atoms with E-state index >= 15 is 0 Å². The van der Waals surface area contributed by atoms with Gasteiger partial charge in [-0.15, -0.1) is 10.2 Å². The lowest BCUT2D eigenvalue weighted by atomic mass is 9.86. The van der Waals surface area contributed by atoms with Crippen LogP contribution in [0.4, 0.5) is 4.79 Å². The molecule has 1 aliphatic carbocycles. The summed E-state index contributed by atoms with van der Waals surface area (Å²) in [7, 11) is 0. The molecule has 2 atom stereocenters. The lowest BCUT2D eigenvalue weighted by Crippen LogP contribution is -2.48. The normalized spacial score (nSPS) is 19.5. The molecule has 1 aromatic heterocycles. The van der Waals surface area contributed by atoms with E-state index in [1.165, 1.54) is 16.8 Å². The molecule has 0 aliphatic heterocycles. The molecule has 2 aromatic rings. The van der Waals surface area contributed by atoms with Crippen LogP contribution in [0.25, 0.3) is 11.4 Å². The number of imide groups is 1. The Hall–Kier alpha value is -2.77. The number of nitrogens with zero attached hydrogens (tertiary/aromatic N) is 4. The molecule has 3 rings (SSSR count). The molecule has 0 bridgehead atoms. The van der Waals surface area contributed by atoms with Crippen molar-refractivity contribution in [2.75, 3.05) is 0 Å². The van der Waals surface area contributed by atoms with Gasteiger partial charge in [0.05, 0.1) is 0 Å². The highest BCUT2D eigenvalue weighted by atomic mass is 16.2. The molecule has 1 aliphatic rings. The molecule has 0 saturated heterocycles. The van der Waals surface area contributed by atoms with E-state index in [9.17, 15) is 9.59 Å². The summed E-state index contributed by atoms with van der Waals surface area (Å²) in [5.74, 6) is 0.408. The van der Waals surface area contributed by atoms with E-state index < -0.39 is 11.9 Å². The number of carbonyl (C=O) groups excluding carboxylic acids is 2. The average Bonchev–Trinajstić information content (AvgIpc) is 3.12. The SMILES string of the molecule is CCc1ccc(-c2nnn(CC(=O)NC(=O)N[C@H]3CCCC[C@@H]3C)n2)cc1. The maximum absolute atomic E-state index is 12.1. The molecule has 1 aromatic carbocycles. The summed E-state index contributed by atoms with van der Waals surface area (Å²) in [5.41, 5.74) is 2.06. The third kappa shape index (κ3) is 5.12. The van der Waals surface area contributed by atoms with Crippen molar-refractivity contribution < 1.29 is 9.59 Å². The molecule has 3 amide bonds. The monoisotopic (exact) mass is 370 g/mol. The average molecular weight is 370 g/mol. The van der Waals surface area contributed by atoms with Crippen LogP contribution >= 0.6 is 0 Å². The molecule has 27 heavy (non-hydrogen) atoms. The maximum atomic E-state index is 12.1. The topological polar surface area (TPSA) is 102 Å². The Morgan fingerprint density at radius 2 is 1.93 bits per heavy atom. The van der Waals surface area contributed by atoms with Gasteiger partial charge < -0.3 is 5.32 Å². The van der Waals surface area contributed by atoms with Gasteiger partial charge in [-0.05, 0) is 36.0 Å². The molecule has 0 unspecified atom stereocenters. The number of aryl methyl sites for hydroxylation is 1. The fourth-order valence-corrected chi connectivity index (χ4v) is 3.35. The lowest BCUT2D eigenvalue weighted by molar-refractivity contribution is -0.121. The third-order valence-electron chi connectivity index (χ3n) is 5.04. The Kier molecular flexibility index (Phi) is 6.16. The second-order valence-corrected chi connectivity index (χ2v) is 7.08. The van der Waals surface area contributed by atoms with Crippen molar-refractivity contribution in [1.82, 2.24) is 30.8 Å². The molecular weight excluding hydrogens is 344 g/mol. The number of urea groups is 1. The predicted octanol–water partition coefficient (Wildman–Crippen LogP) is 2.31. The molecule has 144 valence electrons. The Balaban J connectivity index is 1.52. The van der Waals surface area contributed by atoms with Crippen LogP contribution in [0.2, 0.25) is 0 Å². The predicted molar refractivity (Wildman–Crippen MR) is 101 cm³/mol. The molecule has 1 fully saturated rings. The van der Waals surface area contributed by atoms with E-state index in [-0.39, 0.29) is 12.6 Å². The molecule has 1 heterocycles. The zero-order valence-electron chi connectivity index (χ0n) is 15.8. The van der Waals surface area contributed by atoms with Gasteiger partial charge in [-0.3, -0.25) is 10.1 Å². The smallest absolute Gasteiger partial charge is 0.321 e. The fourth-order valence-electron chi connectivity index (χ4n) is 3.35. The molecule has 0 radical (unpaired) electrons. The Labute approximate surface area is 158 Å². The number of tetrazole rings is 1. The summed E-state index contributed by atoms with van der Waals surface area (Å²) in [6, 6.07) is 7.54. The summed E-state index contributed by atoms with van der Waals surface area (Å²) in [5, 5.41) is 17.3. The lowest BCUT2D eigenvalue weighted by Gasteiger charge is -2.29. The van der Waals surface area contributed by atoms with Crippen LogP contribution in [0.3, 0.4) is 0 Å². The third-order valence-corrected chi connectivity index (χ3v) is 5.04. The molecular formula is C19H26N6O2. The van der Waals surface area contributed by atoms with Gasteiger partial charge in [0.25, 0.3) is 5.91 Å². The first-order valence-electron chi connectivity index (χ1n) is 9.52. The van der Waals surface area contributed by atoms with Crippen LogP contribution in [0.15, 0.2) is 24.3 Å². The van der Waals surface area contributed by atoms with Crippen molar-refractivity contribution in [2.24, 2.45) is 5.92 Å². The number of hydrogen-bond donors (Lipinski definition) is 2. The highest BCUT2D eigenvalue weighted by Crippen LogP contribution is 2.23. The second-order valence-electron chi connectivity index (χ2n) is 7.08. The maximum Gasteiger partial charge on any atom is 0.321 e. The van der Waals surface area contributed by atoms with Crippen LogP contribution in [0, 0.1) is 5.92 Å². The van der Waals surface area contributed by atoms with Gasteiger partial charge in [-0.25, -0.2) is 4.79 Å². The number of carbonyl (C=O) groups is 2. The first-order valence-corrected chi connectivity index (χ1v) is 9.52. The number of nitrogens with one attached hydrogen (secondary N) is 2. The van der Waals surface area contributed by atoms with E-state index in [0.717, 1.165) is 31.2 Å². The minimum Gasteiger partial charge on any atom is -0.335 e. The first-order chi connectivity index (χ1) is 13.0. The van der Waals surface area contributed by atoms with Crippen molar-refractivity contribution >= 4 is 11.9 Å². The van der Waals surface area contributed by atoms with Crippen molar-refractivity contribution in [3.8, 4) is 11.4 Å². The number of benzene rings is 1. The van der Waals surface area contributed by atoms with Crippen LogP contribution in [0.1, 0.15) is 45.1 Å². The van der Waals surface area contributed by atoms with Crippen LogP contribution in [0.5, 0.6) is 0 Å². The minimum atomic E-state index is -0.471. The Morgan fingerprint density at radius 3 is 2.63 bits per heavy atom. The first kappa shape index (κ1) is 19.0. The Bertz CT molecular complexity index is 786. The molecule has 8 heteroatoms. The largest absolute Gasteiger partial charge is 0.335 e. The van der Waals surface area contributed by atoms with E-state index in [1.807, 2.05) is 24.3 Å². The molecule has 8 nitrogen and oxygen atoms in total. The zero-order valence-corrected chi connectivity index (χ0v) is 15.8. The molecule has 2 N–H and O–H groups in total. The van der Waals surface area contributed by atoms with Crippen LogP contribution in [-0.2, 0) is 17.8 Å². The van der Waals surface area contributed by atoms with E-state index in [0.29, 0.717) is 11.7 Å². The van der Waals surface area contributed by atoms with Gasteiger partial charge >= 0.3 is 6.03 Å².